The average Bonchev–Trinajstić information content (AvgIpc) is 2.80. The zero-order valence-electron chi connectivity index (χ0n) is 13.1. The Balaban J connectivity index is 2.08. The highest BCUT2D eigenvalue weighted by atomic mass is 16.4. The van der Waals surface area contributed by atoms with Crippen LogP contribution >= 0.6 is 0 Å². The van der Waals surface area contributed by atoms with Crippen molar-refractivity contribution in [1.82, 2.24) is 10.2 Å². The number of likely N-dealkylation sites (tertiary alicyclic amines) is 1. The van der Waals surface area contributed by atoms with E-state index in [1.54, 1.807) is 0 Å². The highest BCUT2D eigenvalue weighted by Gasteiger charge is 2.41. The number of carboxylic acids is 1. The Bertz CT molecular complexity index is 376. The summed E-state index contributed by atoms with van der Waals surface area (Å²) in [6.07, 6.45) is 9.30. The number of carbonyl (C=O) groups excluding carboxylic acids is 1. The summed E-state index contributed by atoms with van der Waals surface area (Å²) in [6.45, 7) is 2.80. The van der Waals surface area contributed by atoms with E-state index in [4.69, 9.17) is 0 Å². The predicted molar refractivity (Wildman–Crippen MR) is 81.2 cm³/mol. The third-order valence-electron chi connectivity index (χ3n) is 5.03. The summed E-state index contributed by atoms with van der Waals surface area (Å²) in [6, 6.07) is 0.0119. The summed E-state index contributed by atoms with van der Waals surface area (Å²) in [5.41, 5.74) is -1.06. The molecule has 120 valence electrons. The number of rotatable bonds is 2. The van der Waals surface area contributed by atoms with Crippen LogP contribution < -0.4 is 5.32 Å². The van der Waals surface area contributed by atoms with Gasteiger partial charge in [0.05, 0.1) is 0 Å². The predicted octanol–water partition coefficient (Wildman–Crippen LogP) is 3.14. The van der Waals surface area contributed by atoms with Crippen molar-refractivity contribution < 1.29 is 14.7 Å². The fraction of sp³-hybridized carbons (Fsp3) is 0.875. The summed E-state index contributed by atoms with van der Waals surface area (Å²) >= 11 is 0. The first-order chi connectivity index (χ1) is 10.1. The smallest absolute Gasteiger partial charge is 0.329 e. The lowest BCUT2D eigenvalue weighted by Gasteiger charge is -2.34. The number of urea groups is 1. The number of carboxylic acid groups (broad SMARTS) is 1. The highest BCUT2D eigenvalue weighted by molar-refractivity contribution is 5.86. The number of aliphatic carboxylic acids is 1. The Kier molecular flexibility index (Phi) is 5.48. The molecular weight excluding hydrogens is 268 g/mol. The second-order valence-electron chi connectivity index (χ2n) is 6.62. The Labute approximate surface area is 127 Å². The van der Waals surface area contributed by atoms with Crippen LogP contribution in [0.25, 0.3) is 0 Å². The van der Waals surface area contributed by atoms with E-state index in [9.17, 15) is 14.7 Å². The molecule has 1 atom stereocenters. The first-order valence-electron chi connectivity index (χ1n) is 8.37. The molecular formula is C16H28N2O3. The number of carbonyl (C=O) groups is 2. The second-order valence-corrected chi connectivity index (χ2v) is 6.62. The molecule has 0 bridgehead atoms. The van der Waals surface area contributed by atoms with Gasteiger partial charge in [-0.2, -0.15) is 0 Å². The van der Waals surface area contributed by atoms with Gasteiger partial charge in [0.25, 0.3) is 0 Å². The summed E-state index contributed by atoms with van der Waals surface area (Å²) in [5, 5.41) is 12.5. The molecule has 1 unspecified atom stereocenters. The van der Waals surface area contributed by atoms with Crippen LogP contribution in [0.5, 0.6) is 0 Å². The minimum atomic E-state index is -1.06. The van der Waals surface area contributed by atoms with E-state index in [0.717, 1.165) is 57.9 Å². The van der Waals surface area contributed by atoms with E-state index in [2.05, 4.69) is 12.2 Å². The lowest BCUT2D eigenvalue weighted by atomic mass is 9.90. The molecule has 0 aromatic carbocycles. The minimum absolute atomic E-state index is 0.186. The van der Waals surface area contributed by atoms with Gasteiger partial charge in [0.1, 0.15) is 5.54 Å². The molecule has 0 aromatic rings. The zero-order chi connectivity index (χ0) is 15.3. The van der Waals surface area contributed by atoms with Crippen molar-refractivity contribution in [2.75, 3.05) is 6.54 Å². The summed E-state index contributed by atoms with van der Waals surface area (Å²) in [4.78, 5) is 26.2. The van der Waals surface area contributed by atoms with Gasteiger partial charge in [0.15, 0.2) is 0 Å². The maximum Gasteiger partial charge on any atom is 0.329 e. The van der Waals surface area contributed by atoms with Crippen LogP contribution in [0, 0.1) is 0 Å². The van der Waals surface area contributed by atoms with Crippen molar-refractivity contribution in [3.63, 3.8) is 0 Å². The molecule has 21 heavy (non-hydrogen) atoms. The van der Waals surface area contributed by atoms with Crippen molar-refractivity contribution in [3.05, 3.63) is 0 Å². The Morgan fingerprint density at radius 3 is 2.29 bits per heavy atom. The SMILES string of the molecule is CC1CCCCCN1C(=O)NC1(C(=O)O)CCCCCC1. The number of amides is 2. The molecule has 5 nitrogen and oxygen atoms in total. The lowest BCUT2D eigenvalue weighted by molar-refractivity contribution is -0.145. The molecule has 1 aliphatic carbocycles. The van der Waals surface area contributed by atoms with Crippen molar-refractivity contribution in [1.29, 1.82) is 0 Å². The molecule has 2 fully saturated rings. The highest BCUT2D eigenvalue weighted by Crippen LogP contribution is 2.28. The van der Waals surface area contributed by atoms with Gasteiger partial charge in [-0.15, -0.1) is 0 Å². The summed E-state index contributed by atoms with van der Waals surface area (Å²) < 4.78 is 0. The van der Waals surface area contributed by atoms with Gasteiger partial charge < -0.3 is 15.3 Å². The van der Waals surface area contributed by atoms with Gasteiger partial charge in [0, 0.05) is 12.6 Å². The van der Waals surface area contributed by atoms with Crippen LogP contribution in [0.4, 0.5) is 4.79 Å². The first-order valence-corrected chi connectivity index (χ1v) is 8.37. The van der Waals surface area contributed by atoms with Crippen LogP contribution in [-0.2, 0) is 4.79 Å². The largest absolute Gasteiger partial charge is 0.480 e. The van der Waals surface area contributed by atoms with Gasteiger partial charge in [-0.3, -0.25) is 0 Å². The van der Waals surface area contributed by atoms with Crippen LogP contribution in [0.15, 0.2) is 0 Å². The van der Waals surface area contributed by atoms with E-state index in [1.807, 2.05) is 4.90 Å². The van der Waals surface area contributed by atoms with Gasteiger partial charge >= 0.3 is 12.0 Å². The number of nitrogens with one attached hydrogen (secondary N) is 1. The normalized spacial score (nSPS) is 26.5. The van der Waals surface area contributed by atoms with Crippen LogP contribution in [0.1, 0.15) is 71.1 Å². The third kappa shape index (κ3) is 3.89. The third-order valence-corrected chi connectivity index (χ3v) is 5.03. The van der Waals surface area contributed by atoms with Gasteiger partial charge in [-0.1, -0.05) is 38.5 Å². The topological polar surface area (TPSA) is 69.6 Å². The second kappa shape index (κ2) is 7.14. The van der Waals surface area contributed by atoms with E-state index in [1.165, 1.54) is 0 Å². The van der Waals surface area contributed by atoms with E-state index >= 15 is 0 Å². The monoisotopic (exact) mass is 296 g/mol. The van der Waals surface area contributed by atoms with E-state index < -0.39 is 11.5 Å². The molecule has 1 saturated heterocycles. The quantitative estimate of drug-likeness (QED) is 0.769. The molecule has 5 heteroatoms. The van der Waals surface area contributed by atoms with Crippen LogP contribution in [-0.4, -0.2) is 40.1 Å². The molecule has 1 saturated carbocycles. The number of nitrogens with zero attached hydrogens (tertiary/aromatic N) is 1. The Morgan fingerprint density at radius 1 is 1.05 bits per heavy atom. The molecule has 2 aliphatic rings. The molecule has 2 rings (SSSR count). The maximum atomic E-state index is 12.6. The van der Waals surface area contributed by atoms with Crippen LogP contribution in [0.2, 0.25) is 0 Å². The van der Waals surface area contributed by atoms with Crippen molar-refractivity contribution in [3.8, 4) is 0 Å². The summed E-state index contributed by atoms with van der Waals surface area (Å²) in [7, 11) is 0. The zero-order valence-corrected chi connectivity index (χ0v) is 13.1. The molecule has 2 N–H and O–H groups in total. The van der Waals surface area contributed by atoms with E-state index in [0.29, 0.717) is 12.8 Å². The number of hydrogen-bond donors (Lipinski definition) is 2. The van der Waals surface area contributed by atoms with Gasteiger partial charge in [-0.05, 0) is 32.6 Å². The fourth-order valence-electron chi connectivity index (χ4n) is 3.58. The molecule has 1 heterocycles. The molecule has 1 aliphatic heterocycles. The standard InChI is InChI=1S/C16H28N2O3/c1-13-9-5-4-8-12-18(13)15(21)17-16(14(19)20)10-6-2-3-7-11-16/h13H,2-12H2,1H3,(H,17,21)(H,19,20). The van der Waals surface area contributed by atoms with Crippen LogP contribution in [0.3, 0.4) is 0 Å². The Hall–Kier alpha value is -1.26. The molecule has 0 spiro atoms. The molecule has 0 radical (unpaired) electrons. The summed E-state index contributed by atoms with van der Waals surface area (Å²) in [5.74, 6) is -0.875. The van der Waals surface area contributed by atoms with Crippen molar-refractivity contribution in [2.24, 2.45) is 0 Å². The van der Waals surface area contributed by atoms with Crippen molar-refractivity contribution >= 4 is 12.0 Å². The maximum absolute atomic E-state index is 12.6. The Morgan fingerprint density at radius 2 is 1.67 bits per heavy atom. The molecule has 0 aromatic heterocycles. The average molecular weight is 296 g/mol. The first kappa shape index (κ1) is 16.1. The van der Waals surface area contributed by atoms with E-state index in [-0.39, 0.29) is 12.1 Å². The molecule has 2 amide bonds. The minimum Gasteiger partial charge on any atom is -0.480 e. The number of hydrogen-bond acceptors (Lipinski definition) is 2. The van der Waals surface area contributed by atoms with Gasteiger partial charge in [0.2, 0.25) is 0 Å². The van der Waals surface area contributed by atoms with Crippen molar-refractivity contribution in [2.45, 2.75) is 82.7 Å². The fourth-order valence-corrected chi connectivity index (χ4v) is 3.58. The lowest BCUT2D eigenvalue weighted by Crippen LogP contribution is -2.58. The van der Waals surface area contributed by atoms with Gasteiger partial charge in [-0.25, -0.2) is 9.59 Å².